The van der Waals surface area contributed by atoms with Crippen molar-refractivity contribution < 1.29 is 9.53 Å². The van der Waals surface area contributed by atoms with Crippen LogP contribution in [0.5, 0.6) is 0 Å². The first-order valence-electron chi connectivity index (χ1n) is 5.23. The first-order chi connectivity index (χ1) is 6.87. The smallest absolute Gasteiger partial charge is 0.306 e. The quantitative estimate of drug-likeness (QED) is 0.705. The molecule has 1 rings (SSSR count). The van der Waals surface area contributed by atoms with Crippen LogP contribution >= 0.6 is 0 Å². The molecule has 15 heavy (non-hydrogen) atoms. The Bertz CT molecular complexity index is 262. The summed E-state index contributed by atoms with van der Waals surface area (Å²) in [6, 6.07) is 0. The first kappa shape index (κ1) is 12.1. The Kier molecular flexibility index (Phi) is 3.44. The molecule has 0 radical (unpaired) electrons. The van der Waals surface area contributed by atoms with Crippen LogP contribution in [0.3, 0.4) is 0 Å². The lowest BCUT2D eigenvalue weighted by atomic mass is 10.0. The summed E-state index contributed by atoms with van der Waals surface area (Å²) in [6.45, 7) is 6.10. The summed E-state index contributed by atoms with van der Waals surface area (Å²) in [6.07, 6.45) is 1.68. The Hall–Kier alpha value is -0.970. The van der Waals surface area contributed by atoms with Crippen molar-refractivity contribution >= 4 is 5.97 Å². The maximum absolute atomic E-state index is 11.4. The van der Waals surface area contributed by atoms with E-state index in [1.54, 1.807) is 0 Å². The molecule has 0 aromatic rings. The van der Waals surface area contributed by atoms with Crippen molar-refractivity contribution in [2.24, 2.45) is 16.0 Å². The number of esters is 1. The molecule has 0 saturated heterocycles. The molecular weight excluding hydrogens is 194 g/mol. The van der Waals surface area contributed by atoms with Crippen molar-refractivity contribution in [3.05, 3.63) is 0 Å². The predicted molar refractivity (Wildman–Crippen MR) is 56.3 cm³/mol. The van der Waals surface area contributed by atoms with Gasteiger partial charge in [0.15, 0.2) is 5.66 Å². The number of nitrogens with two attached hydrogens (primary N) is 1. The molecule has 0 aromatic carbocycles. The molecule has 1 aliphatic rings. The van der Waals surface area contributed by atoms with E-state index in [1.807, 2.05) is 20.8 Å². The topological polar surface area (TPSA) is 77.0 Å². The first-order valence-corrected chi connectivity index (χ1v) is 5.23. The van der Waals surface area contributed by atoms with Gasteiger partial charge in [0.25, 0.3) is 0 Å². The fourth-order valence-electron chi connectivity index (χ4n) is 1.32. The van der Waals surface area contributed by atoms with Gasteiger partial charge in [-0.15, -0.1) is 0 Å². The molecule has 0 amide bonds. The number of carbonyl (C=O) groups is 1. The summed E-state index contributed by atoms with van der Waals surface area (Å²) < 4.78 is 5.19. The Morgan fingerprint density at radius 3 is 2.33 bits per heavy atom. The number of ether oxygens (including phenoxy) is 1. The van der Waals surface area contributed by atoms with Crippen molar-refractivity contribution in [3.63, 3.8) is 0 Å². The van der Waals surface area contributed by atoms with E-state index in [9.17, 15) is 4.79 Å². The minimum Gasteiger partial charge on any atom is -0.460 e. The number of hydrogen-bond acceptors (Lipinski definition) is 5. The molecule has 0 fully saturated rings. The zero-order chi connectivity index (χ0) is 11.5. The SMILES string of the molecule is CC(C)(C)OC(=O)CCC1(CCN)N=N1. The van der Waals surface area contributed by atoms with Crippen LogP contribution in [0.15, 0.2) is 10.2 Å². The van der Waals surface area contributed by atoms with Crippen LogP contribution in [-0.2, 0) is 9.53 Å². The third-order valence-corrected chi connectivity index (χ3v) is 2.08. The molecule has 5 heteroatoms. The minimum absolute atomic E-state index is 0.198. The third kappa shape index (κ3) is 4.38. The molecule has 0 aliphatic carbocycles. The second-order valence-corrected chi connectivity index (χ2v) is 4.81. The van der Waals surface area contributed by atoms with Crippen LogP contribution < -0.4 is 5.73 Å². The molecule has 86 valence electrons. The van der Waals surface area contributed by atoms with E-state index < -0.39 is 5.60 Å². The van der Waals surface area contributed by atoms with Crippen LogP contribution in [-0.4, -0.2) is 23.8 Å². The van der Waals surface area contributed by atoms with E-state index >= 15 is 0 Å². The van der Waals surface area contributed by atoms with Gasteiger partial charge in [-0.3, -0.25) is 4.79 Å². The summed E-state index contributed by atoms with van der Waals surface area (Å²) in [4.78, 5) is 11.4. The highest BCUT2D eigenvalue weighted by Crippen LogP contribution is 2.36. The number of nitrogens with zero attached hydrogens (tertiary/aromatic N) is 2. The zero-order valence-electron chi connectivity index (χ0n) is 9.62. The maximum Gasteiger partial charge on any atom is 0.306 e. The number of hydrogen-bond donors (Lipinski definition) is 1. The average Bonchev–Trinajstić information content (AvgIpc) is 2.80. The summed E-state index contributed by atoms with van der Waals surface area (Å²) in [7, 11) is 0. The lowest BCUT2D eigenvalue weighted by Gasteiger charge is -2.19. The van der Waals surface area contributed by atoms with E-state index in [-0.39, 0.29) is 11.6 Å². The van der Waals surface area contributed by atoms with E-state index in [0.29, 0.717) is 19.4 Å². The van der Waals surface area contributed by atoms with Gasteiger partial charge in [-0.05, 0) is 27.3 Å². The Morgan fingerprint density at radius 2 is 1.93 bits per heavy atom. The summed E-state index contributed by atoms with van der Waals surface area (Å²) in [5.41, 5.74) is 4.64. The third-order valence-electron chi connectivity index (χ3n) is 2.08. The van der Waals surface area contributed by atoms with Gasteiger partial charge in [-0.2, -0.15) is 10.2 Å². The highest BCUT2D eigenvalue weighted by molar-refractivity contribution is 5.70. The van der Waals surface area contributed by atoms with Crippen molar-refractivity contribution in [2.75, 3.05) is 6.54 Å². The number of rotatable bonds is 5. The maximum atomic E-state index is 11.4. The molecule has 2 N–H and O–H groups in total. The molecule has 1 heterocycles. The monoisotopic (exact) mass is 213 g/mol. The Morgan fingerprint density at radius 1 is 1.33 bits per heavy atom. The summed E-state index contributed by atoms with van der Waals surface area (Å²) in [5.74, 6) is -0.198. The fraction of sp³-hybridized carbons (Fsp3) is 0.900. The van der Waals surface area contributed by atoms with Gasteiger partial charge < -0.3 is 10.5 Å². The molecule has 0 unspecified atom stereocenters. The largest absolute Gasteiger partial charge is 0.460 e. The van der Waals surface area contributed by atoms with Crippen LogP contribution in [0.2, 0.25) is 0 Å². The normalized spacial score (nSPS) is 17.6. The van der Waals surface area contributed by atoms with Gasteiger partial charge in [0.2, 0.25) is 0 Å². The molecule has 0 saturated carbocycles. The van der Waals surface area contributed by atoms with Gasteiger partial charge >= 0.3 is 5.97 Å². The van der Waals surface area contributed by atoms with E-state index in [1.165, 1.54) is 0 Å². The molecule has 5 nitrogen and oxygen atoms in total. The molecule has 1 aliphatic heterocycles. The van der Waals surface area contributed by atoms with Crippen molar-refractivity contribution in [3.8, 4) is 0 Å². The second-order valence-electron chi connectivity index (χ2n) is 4.81. The van der Waals surface area contributed by atoms with Crippen molar-refractivity contribution in [1.82, 2.24) is 0 Å². The fourth-order valence-corrected chi connectivity index (χ4v) is 1.32. The van der Waals surface area contributed by atoms with Crippen LogP contribution in [0.1, 0.15) is 40.0 Å². The zero-order valence-corrected chi connectivity index (χ0v) is 9.62. The van der Waals surface area contributed by atoms with Gasteiger partial charge in [0, 0.05) is 19.3 Å². The Labute approximate surface area is 90.1 Å². The highest BCUT2D eigenvalue weighted by Gasteiger charge is 2.39. The molecule has 0 bridgehead atoms. The van der Waals surface area contributed by atoms with Crippen LogP contribution in [0.4, 0.5) is 0 Å². The predicted octanol–water partition coefficient (Wildman–Crippen LogP) is 1.62. The standard InChI is InChI=1S/C10H19N3O2/c1-9(2,3)15-8(14)4-5-10(6-7-11)12-13-10/h4-7,11H2,1-3H3. The summed E-state index contributed by atoms with van der Waals surface area (Å²) >= 11 is 0. The van der Waals surface area contributed by atoms with Gasteiger partial charge in [0.05, 0.1) is 0 Å². The van der Waals surface area contributed by atoms with Crippen LogP contribution in [0.25, 0.3) is 0 Å². The van der Waals surface area contributed by atoms with Gasteiger partial charge in [0.1, 0.15) is 5.60 Å². The van der Waals surface area contributed by atoms with Crippen LogP contribution in [0, 0.1) is 0 Å². The van der Waals surface area contributed by atoms with Gasteiger partial charge in [-0.1, -0.05) is 0 Å². The highest BCUT2D eigenvalue weighted by atomic mass is 16.6. The molecular formula is C10H19N3O2. The van der Waals surface area contributed by atoms with E-state index in [4.69, 9.17) is 10.5 Å². The van der Waals surface area contributed by atoms with E-state index in [2.05, 4.69) is 10.2 Å². The number of carbonyl (C=O) groups excluding carboxylic acids is 1. The molecule has 0 spiro atoms. The summed E-state index contributed by atoms with van der Waals surface area (Å²) in [5, 5.41) is 7.86. The Balaban J connectivity index is 2.23. The lowest BCUT2D eigenvalue weighted by molar-refractivity contribution is -0.155. The van der Waals surface area contributed by atoms with Crippen molar-refractivity contribution in [1.29, 1.82) is 0 Å². The minimum atomic E-state index is -0.421. The second kappa shape index (κ2) is 4.26. The molecule has 0 aromatic heterocycles. The molecule has 0 atom stereocenters. The average molecular weight is 213 g/mol. The van der Waals surface area contributed by atoms with Gasteiger partial charge in [-0.25, -0.2) is 0 Å². The van der Waals surface area contributed by atoms with E-state index in [0.717, 1.165) is 6.42 Å². The van der Waals surface area contributed by atoms with Crippen molar-refractivity contribution in [2.45, 2.75) is 51.3 Å². The lowest BCUT2D eigenvalue weighted by Crippen LogP contribution is -2.25.